The van der Waals surface area contributed by atoms with E-state index in [0.29, 0.717) is 5.57 Å². The van der Waals surface area contributed by atoms with E-state index in [1.54, 1.807) is 6.08 Å². The number of allylic oxidation sites excluding steroid dienone is 7. The molecule has 0 unspecified atom stereocenters. The van der Waals surface area contributed by atoms with Gasteiger partial charge in [0.05, 0.1) is 5.57 Å². The summed E-state index contributed by atoms with van der Waals surface area (Å²) < 4.78 is 4.79. The van der Waals surface area contributed by atoms with Gasteiger partial charge in [-0.2, -0.15) is 0 Å². The van der Waals surface area contributed by atoms with Crippen molar-refractivity contribution in [2.45, 2.75) is 47.0 Å². The van der Waals surface area contributed by atoms with Gasteiger partial charge in [-0.25, -0.2) is 9.59 Å². The number of cyclic esters (lactones) is 1. The standard InChI is InChI=1S/C21H26O4/c1-14(8-10-18-15(2)6-5-11-21(18,3)4)7-9-17(20(23)24)16-12-19(22)25-13-16/h7-10,12H,5-6,11,13H2,1-4H3,(H,23,24). The van der Waals surface area contributed by atoms with Gasteiger partial charge in [0.15, 0.2) is 0 Å². The quantitative estimate of drug-likeness (QED) is 0.453. The molecule has 0 fully saturated rings. The first-order valence-electron chi connectivity index (χ1n) is 8.58. The zero-order valence-electron chi connectivity index (χ0n) is 15.4. The molecule has 1 N–H and O–H groups in total. The molecular weight excluding hydrogens is 316 g/mol. The van der Waals surface area contributed by atoms with Gasteiger partial charge in [0, 0.05) is 11.6 Å². The predicted molar refractivity (Wildman–Crippen MR) is 98.0 cm³/mol. The van der Waals surface area contributed by atoms with Gasteiger partial charge >= 0.3 is 11.9 Å². The molecule has 0 aromatic carbocycles. The highest BCUT2D eigenvalue weighted by Crippen LogP contribution is 2.40. The van der Waals surface area contributed by atoms with E-state index >= 15 is 0 Å². The number of carbonyl (C=O) groups excluding carboxylic acids is 1. The van der Waals surface area contributed by atoms with Crippen LogP contribution in [0, 0.1) is 5.41 Å². The molecule has 0 atom stereocenters. The van der Waals surface area contributed by atoms with Crippen molar-refractivity contribution in [2.24, 2.45) is 5.41 Å². The lowest BCUT2D eigenvalue weighted by Gasteiger charge is -2.32. The Morgan fingerprint density at radius 3 is 2.60 bits per heavy atom. The van der Waals surface area contributed by atoms with E-state index in [4.69, 9.17) is 4.74 Å². The number of rotatable bonds is 5. The highest BCUT2D eigenvalue weighted by molar-refractivity contribution is 5.97. The minimum Gasteiger partial charge on any atom is -0.478 e. The van der Waals surface area contributed by atoms with Crippen molar-refractivity contribution in [3.63, 3.8) is 0 Å². The van der Waals surface area contributed by atoms with Crippen molar-refractivity contribution < 1.29 is 19.4 Å². The number of hydrogen-bond donors (Lipinski definition) is 1. The first-order chi connectivity index (χ1) is 11.7. The molecule has 0 aromatic heterocycles. The summed E-state index contributed by atoms with van der Waals surface area (Å²) in [6, 6.07) is 0. The van der Waals surface area contributed by atoms with Crippen LogP contribution < -0.4 is 0 Å². The summed E-state index contributed by atoms with van der Waals surface area (Å²) in [6.07, 6.45) is 12.2. The van der Waals surface area contributed by atoms with Gasteiger partial charge in [-0.05, 0) is 50.2 Å². The summed E-state index contributed by atoms with van der Waals surface area (Å²) in [7, 11) is 0. The second-order valence-electron chi connectivity index (χ2n) is 7.34. The molecule has 2 rings (SSSR count). The first kappa shape index (κ1) is 19.0. The number of aliphatic carboxylic acids is 1. The molecule has 0 bridgehead atoms. The molecule has 1 aliphatic heterocycles. The molecule has 1 aliphatic carbocycles. The molecule has 4 nitrogen and oxygen atoms in total. The molecule has 25 heavy (non-hydrogen) atoms. The van der Waals surface area contributed by atoms with Crippen molar-refractivity contribution in [1.29, 1.82) is 0 Å². The zero-order chi connectivity index (χ0) is 18.6. The van der Waals surface area contributed by atoms with Gasteiger partial charge < -0.3 is 9.84 Å². The second-order valence-corrected chi connectivity index (χ2v) is 7.34. The summed E-state index contributed by atoms with van der Waals surface area (Å²) in [5.41, 5.74) is 4.41. The fourth-order valence-corrected chi connectivity index (χ4v) is 3.34. The number of esters is 1. The molecule has 0 saturated heterocycles. The maximum absolute atomic E-state index is 11.4. The topological polar surface area (TPSA) is 63.6 Å². The second kappa shape index (κ2) is 7.68. The lowest BCUT2D eigenvalue weighted by molar-refractivity contribution is -0.135. The van der Waals surface area contributed by atoms with E-state index in [-0.39, 0.29) is 17.6 Å². The lowest BCUT2D eigenvalue weighted by Crippen LogP contribution is -2.19. The van der Waals surface area contributed by atoms with Crippen LogP contribution in [0.5, 0.6) is 0 Å². The van der Waals surface area contributed by atoms with Gasteiger partial charge in [0.1, 0.15) is 6.61 Å². The average Bonchev–Trinajstić information content (AvgIpc) is 2.92. The monoisotopic (exact) mass is 342 g/mol. The van der Waals surface area contributed by atoms with Crippen LogP contribution in [-0.2, 0) is 14.3 Å². The molecule has 0 amide bonds. The van der Waals surface area contributed by atoms with Crippen molar-refractivity contribution in [1.82, 2.24) is 0 Å². The SMILES string of the molecule is CC(C=CC1=C(C)CCCC1(C)C)=CC=C(C(=O)O)C1=CC(=O)OC1. The fourth-order valence-electron chi connectivity index (χ4n) is 3.34. The summed E-state index contributed by atoms with van der Waals surface area (Å²) >= 11 is 0. The molecule has 1 heterocycles. The van der Waals surface area contributed by atoms with Crippen LogP contribution in [0.15, 0.2) is 58.2 Å². The molecule has 0 radical (unpaired) electrons. The molecular formula is C21H26O4. The van der Waals surface area contributed by atoms with E-state index in [9.17, 15) is 14.7 Å². The van der Waals surface area contributed by atoms with E-state index in [1.807, 2.05) is 13.0 Å². The van der Waals surface area contributed by atoms with E-state index in [2.05, 4.69) is 26.8 Å². The van der Waals surface area contributed by atoms with Gasteiger partial charge in [0.25, 0.3) is 0 Å². The van der Waals surface area contributed by atoms with Gasteiger partial charge in [-0.1, -0.05) is 43.2 Å². The Morgan fingerprint density at radius 1 is 1.32 bits per heavy atom. The maximum atomic E-state index is 11.4. The van der Waals surface area contributed by atoms with Crippen LogP contribution in [0.2, 0.25) is 0 Å². The number of carboxylic acids is 1. The summed E-state index contributed by atoms with van der Waals surface area (Å²) in [4.78, 5) is 22.5. The Bertz CT molecular complexity index is 727. The normalized spacial score (nSPS) is 21.6. The Kier molecular flexibility index (Phi) is 5.83. The van der Waals surface area contributed by atoms with Crippen LogP contribution in [0.4, 0.5) is 0 Å². The fraction of sp³-hybridized carbons (Fsp3) is 0.429. The highest BCUT2D eigenvalue weighted by atomic mass is 16.5. The third-order valence-electron chi connectivity index (χ3n) is 4.81. The zero-order valence-corrected chi connectivity index (χ0v) is 15.4. The molecule has 4 heteroatoms. The van der Waals surface area contributed by atoms with Crippen LogP contribution in [-0.4, -0.2) is 23.7 Å². The minimum absolute atomic E-state index is 0.0139. The average molecular weight is 342 g/mol. The summed E-state index contributed by atoms with van der Waals surface area (Å²) in [5.74, 6) is -1.56. The van der Waals surface area contributed by atoms with Gasteiger partial charge in [0.2, 0.25) is 0 Å². The molecule has 0 aromatic rings. The summed E-state index contributed by atoms with van der Waals surface area (Å²) in [5, 5.41) is 9.34. The maximum Gasteiger partial charge on any atom is 0.336 e. The van der Waals surface area contributed by atoms with E-state index in [1.165, 1.54) is 36.1 Å². The summed E-state index contributed by atoms with van der Waals surface area (Å²) in [6.45, 7) is 8.66. The molecule has 0 saturated carbocycles. The van der Waals surface area contributed by atoms with Gasteiger partial charge in [-0.3, -0.25) is 0 Å². The molecule has 134 valence electrons. The van der Waals surface area contributed by atoms with Crippen molar-refractivity contribution in [2.75, 3.05) is 6.61 Å². The highest BCUT2D eigenvalue weighted by Gasteiger charge is 2.26. The smallest absolute Gasteiger partial charge is 0.336 e. The van der Waals surface area contributed by atoms with E-state index < -0.39 is 11.9 Å². The van der Waals surface area contributed by atoms with Crippen LogP contribution in [0.25, 0.3) is 0 Å². The third kappa shape index (κ3) is 4.81. The molecule has 2 aliphatic rings. The largest absolute Gasteiger partial charge is 0.478 e. The van der Waals surface area contributed by atoms with Gasteiger partial charge in [-0.15, -0.1) is 0 Å². The van der Waals surface area contributed by atoms with E-state index in [0.717, 1.165) is 12.0 Å². The van der Waals surface area contributed by atoms with Crippen molar-refractivity contribution in [3.8, 4) is 0 Å². The minimum atomic E-state index is -1.07. The third-order valence-corrected chi connectivity index (χ3v) is 4.81. The van der Waals surface area contributed by atoms with Crippen LogP contribution >= 0.6 is 0 Å². The Labute approximate surface area is 149 Å². The number of hydrogen-bond acceptors (Lipinski definition) is 3. The first-order valence-corrected chi connectivity index (χ1v) is 8.58. The van der Waals surface area contributed by atoms with Crippen LogP contribution in [0.3, 0.4) is 0 Å². The predicted octanol–water partition coefficient (Wildman–Crippen LogP) is 4.51. The molecule has 0 spiro atoms. The number of carboxylic acid groups (broad SMARTS) is 1. The Hall–Kier alpha value is -2.36. The number of carbonyl (C=O) groups is 2. The lowest BCUT2D eigenvalue weighted by atomic mass is 9.72. The van der Waals surface area contributed by atoms with Crippen LogP contribution in [0.1, 0.15) is 47.0 Å². The number of ether oxygens (including phenoxy) is 1. The Morgan fingerprint density at radius 2 is 2.04 bits per heavy atom. The Balaban J connectivity index is 2.21. The van der Waals surface area contributed by atoms with Crippen molar-refractivity contribution >= 4 is 11.9 Å². The van der Waals surface area contributed by atoms with Crippen molar-refractivity contribution in [3.05, 3.63) is 58.2 Å².